The summed E-state index contributed by atoms with van der Waals surface area (Å²) in [7, 11) is 0. The van der Waals surface area contributed by atoms with E-state index in [1.165, 1.54) is 18.1 Å². The molecule has 64 heavy (non-hydrogen) atoms. The lowest BCUT2D eigenvalue weighted by Crippen LogP contribution is -2.71. The van der Waals surface area contributed by atoms with Gasteiger partial charge in [0.25, 0.3) is 0 Å². The Bertz CT molecular complexity index is 1830. The topological polar surface area (TPSA) is 208 Å². The zero-order valence-corrected chi connectivity index (χ0v) is 37.4. The van der Waals surface area contributed by atoms with Crippen LogP contribution in [0, 0.1) is 5.41 Å². The number of nitrogens with zero attached hydrogens (tertiary/aromatic N) is 1. The highest BCUT2D eigenvalue weighted by Crippen LogP contribution is 2.58. The number of carbonyl (C=O) groups excluding carboxylic acids is 5. The van der Waals surface area contributed by atoms with Crippen molar-refractivity contribution in [2.24, 2.45) is 5.41 Å². The van der Waals surface area contributed by atoms with E-state index >= 15 is 4.79 Å². The maximum atomic E-state index is 15.1. The molecule has 3 aliphatic heterocycles. The quantitative estimate of drug-likeness (QED) is 0.0538. The number of aliphatic hydroxyl groups excluding tert-OH is 2. The number of aliphatic hydroxyl groups is 2. The van der Waals surface area contributed by atoms with E-state index < -0.39 is 115 Å². The number of hydroxylamine groups is 2. The fraction of sp³-hybridized carbons (Fsp3) is 0.711. The van der Waals surface area contributed by atoms with E-state index in [-0.39, 0.29) is 25.8 Å². The predicted octanol–water partition coefficient (Wildman–Crippen LogP) is 4.71. The van der Waals surface area contributed by atoms with Crippen molar-refractivity contribution in [1.82, 2.24) is 15.7 Å². The third-order valence-corrected chi connectivity index (χ3v) is 11.8. The van der Waals surface area contributed by atoms with Gasteiger partial charge in [0.1, 0.15) is 41.5 Å². The minimum Gasteiger partial charge on any atom is -0.460 e. The Morgan fingerprint density at radius 1 is 1.02 bits per heavy atom. The Morgan fingerprint density at radius 3 is 2.30 bits per heavy atom. The maximum Gasteiger partial charge on any atom is 0.422 e. The van der Waals surface area contributed by atoms with Crippen molar-refractivity contribution in [1.29, 1.82) is 0 Å². The van der Waals surface area contributed by atoms with E-state index in [1.807, 2.05) is 0 Å². The van der Waals surface area contributed by atoms with Crippen LogP contribution in [0.4, 0.5) is 13.2 Å². The molecule has 1 aliphatic carbocycles. The number of halogens is 3. The zero-order valence-electron chi connectivity index (χ0n) is 37.4. The fourth-order valence-electron chi connectivity index (χ4n) is 8.90. The number of ether oxygens (including phenoxy) is 5. The highest BCUT2D eigenvalue weighted by molar-refractivity contribution is 5.96. The first-order valence-corrected chi connectivity index (χ1v) is 22.3. The van der Waals surface area contributed by atoms with Crippen LogP contribution in [0.25, 0.3) is 6.08 Å². The molecule has 0 spiro atoms. The van der Waals surface area contributed by atoms with Gasteiger partial charge in [0, 0.05) is 31.8 Å². The van der Waals surface area contributed by atoms with Gasteiger partial charge in [-0.3, -0.25) is 24.0 Å². The van der Waals surface area contributed by atoms with Gasteiger partial charge >= 0.3 is 24.1 Å². The number of fused-ring (bicyclic) bond motifs is 4. The number of alkyl halides is 3. The van der Waals surface area contributed by atoms with Gasteiger partial charge in [-0.25, -0.2) is 4.79 Å². The van der Waals surface area contributed by atoms with Gasteiger partial charge in [-0.1, -0.05) is 63.8 Å². The molecule has 4 N–H and O–H groups in total. The van der Waals surface area contributed by atoms with Gasteiger partial charge in [0.05, 0.1) is 25.3 Å². The van der Waals surface area contributed by atoms with E-state index in [0.717, 1.165) is 44.6 Å². The van der Waals surface area contributed by atoms with Gasteiger partial charge < -0.3 is 44.5 Å². The summed E-state index contributed by atoms with van der Waals surface area (Å²) in [6, 6.07) is 2.59. The molecule has 9 atom stereocenters. The maximum absolute atomic E-state index is 15.1. The lowest BCUT2D eigenvalue weighted by Gasteiger charge is -2.49. The number of nitrogens with one attached hydrogen (secondary N) is 2. The molecule has 2 bridgehead atoms. The van der Waals surface area contributed by atoms with Crippen molar-refractivity contribution in [2.75, 3.05) is 13.2 Å². The molecule has 2 amide bonds. The van der Waals surface area contributed by atoms with E-state index in [9.17, 15) is 42.6 Å². The van der Waals surface area contributed by atoms with Crippen molar-refractivity contribution in [3.63, 3.8) is 0 Å². The van der Waals surface area contributed by atoms with Crippen molar-refractivity contribution in [2.45, 2.75) is 185 Å². The van der Waals surface area contributed by atoms with Crippen LogP contribution < -0.4 is 10.6 Å². The van der Waals surface area contributed by atoms with Crippen LogP contribution in [0.1, 0.15) is 123 Å². The summed E-state index contributed by atoms with van der Waals surface area (Å²) in [5.74, 6) is -5.25. The normalized spacial score (nSPS) is 26.4. The number of unbranched alkanes of at least 4 members (excludes halogenated alkanes) is 4. The number of benzene rings is 1. The van der Waals surface area contributed by atoms with Gasteiger partial charge in [-0.2, -0.15) is 18.2 Å². The first-order chi connectivity index (χ1) is 30.1. The van der Waals surface area contributed by atoms with Gasteiger partial charge in [-0.15, -0.1) is 0 Å². The molecule has 1 aromatic rings. The summed E-state index contributed by atoms with van der Waals surface area (Å²) in [5, 5.41) is 27.7. The van der Waals surface area contributed by atoms with E-state index in [1.54, 1.807) is 45.0 Å². The third kappa shape index (κ3) is 12.6. The lowest BCUT2D eigenvalue weighted by molar-refractivity contribution is -0.224. The molecular formula is C45H64F3N3O13. The average Bonchev–Trinajstić information content (AvgIpc) is 3.77. The lowest BCUT2D eigenvalue weighted by atomic mass is 9.62. The summed E-state index contributed by atoms with van der Waals surface area (Å²) in [6.07, 6.45) is -1.68. The molecule has 4 aliphatic rings. The minimum atomic E-state index is -4.69. The second-order valence-corrected chi connectivity index (χ2v) is 18.2. The number of hydrogen-bond acceptors (Lipinski definition) is 14. The largest absolute Gasteiger partial charge is 0.460 e. The van der Waals surface area contributed by atoms with E-state index in [2.05, 4.69) is 29.2 Å². The van der Waals surface area contributed by atoms with Gasteiger partial charge in [0.15, 0.2) is 18.4 Å². The predicted molar refractivity (Wildman–Crippen MR) is 222 cm³/mol. The second kappa shape index (κ2) is 21.4. The van der Waals surface area contributed by atoms with Crippen LogP contribution in [-0.2, 0) is 59.0 Å². The molecule has 0 radical (unpaired) electrons. The Balaban J connectivity index is 1.46. The molecule has 19 heteroatoms. The van der Waals surface area contributed by atoms with E-state index in [0.29, 0.717) is 24.0 Å². The summed E-state index contributed by atoms with van der Waals surface area (Å²) in [6.45, 7) is 8.17. The molecular weight excluding hydrogens is 847 g/mol. The number of amides is 2. The first kappa shape index (κ1) is 50.9. The summed E-state index contributed by atoms with van der Waals surface area (Å²) < 4.78 is 67.1. The number of carbonyl (C=O) groups is 5. The Hall–Kier alpha value is -4.14. The molecule has 1 aromatic carbocycles. The van der Waals surface area contributed by atoms with Crippen LogP contribution in [0.5, 0.6) is 0 Å². The molecule has 5 rings (SSSR count). The highest BCUT2D eigenvalue weighted by atomic mass is 19.4. The Kier molecular flexibility index (Phi) is 17.0. The molecule has 3 heterocycles. The minimum absolute atomic E-state index is 0.000158. The second-order valence-electron chi connectivity index (χ2n) is 18.2. The first-order valence-electron chi connectivity index (χ1n) is 22.3. The van der Waals surface area contributed by atoms with Crippen molar-refractivity contribution >= 4 is 35.8 Å². The average molecular weight is 912 g/mol. The standard InChI is InChI=1S/C45H64F3N3O13/c1-7-9-11-20-43(21-12-10-8-2)62-35-31-23-44(41(58)50-34(27(3)53)39(56)49-30(25-52)17-19-33(55)61-42(4,5)6)37(40(57)60-31)51(64-38(44)36(35)63-43)24-29-15-13-14-28(22-29)16-18-32(54)59-26-45(46,47)48/h13-16,18,22,27,30-31,34-38,52-53H,7-12,17,19-21,23-26H2,1-6H3,(H,49,56)(H,50,58)/t27-,30-,31+,34+,35-,36-,37-,38+,44-/m0/s1. The van der Waals surface area contributed by atoms with Gasteiger partial charge in [0.2, 0.25) is 11.8 Å². The van der Waals surface area contributed by atoms with E-state index in [4.69, 9.17) is 23.8 Å². The summed E-state index contributed by atoms with van der Waals surface area (Å²) >= 11 is 0. The molecule has 16 nitrogen and oxygen atoms in total. The highest BCUT2D eigenvalue weighted by Gasteiger charge is 2.76. The molecule has 0 unspecified atom stereocenters. The van der Waals surface area contributed by atoms with Crippen LogP contribution >= 0.6 is 0 Å². The Morgan fingerprint density at radius 2 is 1.69 bits per heavy atom. The third-order valence-electron chi connectivity index (χ3n) is 11.8. The number of rotatable bonds is 22. The molecule has 3 saturated heterocycles. The molecule has 0 aromatic heterocycles. The molecule has 1 saturated carbocycles. The zero-order chi connectivity index (χ0) is 47.0. The Labute approximate surface area is 371 Å². The van der Waals surface area contributed by atoms with Crippen molar-refractivity contribution in [3.05, 3.63) is 41.5 Å². The number of esters is 3. The van der Waals surface area contributed by atoms with Gasteiger partial charge in [-0.05, 0) is 64.2 Å². The van der Waals surface area contributed by atoms with Crippen molar-refractivity contribution in [3.8, 4) is 0 Å². The van der Waals surface area contributed by atoms with Crippen LogP contribution in [0.15, 0.2) is 30.3 Å². The summed E-state index contributed by atoms with van der Waals surface area (Å²) in [5.41, 5.74) is -1.57. The summed E-state index contributed by atoms with van der Waals surface area (Å²) in [4.78, 5) is 74.3. The van der Waals surface area contributed by atoms with Crippen molar-refractivity contribution < 1.29 is 75.9 Å². The SMILES string of the molecule is CCCCCC1(CCCCC)O[C@@H]2[C@H](O1)[C@H]1ON(Cc3cccc(C=CC(=O)OCC(F)(F)F)c3)[C@H]3C(=O)O[C@@H]2C[C@@]13C(=O)N[C@@H](C(=O)N[C@H](CO)CCC(=O)OC(C)(C)C)[C@H](C)O. The molecule has 358 valence electrons. The smallest absolute Gasteiger partial charge is 0.422 e. The molecule has 4 fully saturated rings. The monoisotopic (exact) mass is 911 g/mol. The number of hydrogen-bond donors (Lipinski definition) is 4. The van der Waals surface area contributed by atoms with Crippen LogP contribution in [0.3, 0.4) is 0 Å². The van der Waals surface area contributed by atoms with Crippen LogP contribution in [-0.4, -0.2) is 124 Å². The fourth-order valence-corrected chi connectivity index (χ4v) is 8.90. The van der Waals surface area contributed by atoms with Crippen LogP contribution in [0.2, 0.25) is 0 Å².